The molecule has 0 bridgehead atoms. The molecule has 1 unspecified atom stereocenters. The lowest BCUT2D eigenvalue weighted by molar-refractivity contribution is 0.180. The highest BCUT2D eigenvalue weighted by molar-refractivity contribution is 5.79. The van der Waals surface area contributed by atoms with Crippen molar-refractivity contribution >= 4 is 5.96 Å². The van der Waals surface area contributed by atoms with Gasteiger partial charge in [-0.15, -0.1) is 0 Å². The van der Waals surface area contributed by atoms with E-state index in [0.29, 0.717) is 30.4 Å². The van der Waals surface area contributed by atoms with Crippen molar-refractivity contribution < 1.29 is 19.0 Å². The Balaban J connectivity index is 1.68. The molecule has 3 N–H and O–H groups in total. The molecule has 0 aliphatic heterocycles. The summed E-state index contributed by atoms with van der Waals surface area (Å²) in [5, 5.41) is 16.7. The number of halogens is 1. The average molecular weight is 430 g/mol. The Hall–Kier alpha value is -2.80. The fraction of sp³-hybridized carbons (Fsp3) is 0.458. The Kier molecular flexibility index (Phi) is 8.53. The molecular weight excluding hydrogens is 397 g/mol. The van der Waals surface area contributed by atoms with Crippen LogP contribution in [0, 0.1) is 5.82 Å². The summed E-state index contributed by atoms with van der Waals surface area (Å²) in [7, 11) is 1.65. The Morgan fingerprint density at radius 3 is 2.58 bits per heavy atom. The second-order valence-corrected chi connectivity index (χ2v) is 7.62. The van der Waals surface area contributed by atoms with Gasteiger partial charge in [0, 0.05) is 18.7 Å². The van der Waals surface area contributed by atoms with Crippen molar-refractivity contribution in [2.45, 2.75) is 51.4 Å². The van der Waals surface area contributed by atoms with E-state index in [-0.39, 0.29) is 18.5 Å². The van der Waals surface area contributed by atoms with Crippen LogP contribution in [-0.4, -0.2) is 37.4 Å². The van der Waals surface area contributed by atoms with E-state index in [1.54, 1.807) is 19.2 Å². The van der Waals surface area contributed by atoms with Gasteiger partial charge in [-0.05, 0) is 56.4 Å². The third kappa shape index (κ3) is 6.59. The summed E-state index contributed by atoms with van der Waals surface area (Å²) >= 11 is 0. The van der Waals surface area contributed by atoms with Gasteiger partial charge in [0.05, 0.1) is 25.9 Å². The number of aliphatic hydroxyl groups is 1. The van der Waals surface area contributed by atoms with Crippen LogP contribution in [0.5, 0.6) is 11.5 Å². The van der Waals surface area contributed by atoms with Gasteiger partial charge >= 0.3 is 0 Å². The first kappa shape index (κ1) is 22.9. The van der Waals surface area contributed by atoms with E-state index in [1.165, 1.54) is 25.0 Å². The Bertz CT molecular complexity index is 852. The highest BCUT2D eigenvalue weighted by Crippen LogP contribution is 2.35. The minimum Gasteiger partial charge on any atom is -0.493 e. The summed E-state index contributed by atoms with van der Waals surface area (Å²) in [6.07, 6.45) is 3.95. The number of nitrogens with zero attached hydrogens (tertiary/aromatic N) is 1. The van der Waals surface area contributed by atoms with E-state index in [9.17, 15) is 9.50 Å². The molecule has 0 saturated heterocycles. The van der Waals surface area contributed by atoms with Crippen molar-refractivity contribution in [3.05, 3.63) is 59.4 Å². The first-order chi connectivity index (χ1) is 15.1. The molecule has 1 atom stereocenters. The van der Waals surface area contributed by atoms with Crippen LogP contribution < -0.4 is 20.1 Å². The molecule has 1 fully saturated rings. The van der Waals surface area contributed by atoms with Crippen LogP contribution in [-0.2, 0) is 6.54 Å². The molecule has 1 aliphatic carbocycles. The quantitative estimate of drug-likeness (QED) is 0.416. The molecule has 2 aromatic carbocycles. The molecule has 0 heterocycles. The minimum atomic E-state index is -0.775. The SMILES string of the molecule is CCNC(=NCc1cccc(OC)c1OC1CCCC1)NCC(O)c1ccc(F)cc1. The molecule has 0 amide bonds. The summed E-state index contributed by atoms with van der Waals surface area (Å²) in [5.41, 5.74) is 1.59. The maximum atomic E-state index is 13.1. The van der Waals surface area contributed by atoms with E-state index in [4.69, 9.17) is 9.47 Å². The molecule has 6 nitrogen and oxygen atoms in total. The van der Waals surface area contributed by atoms with Crippen molar-refractivity contribution in [3.8, 4) is 11.5 Å². The number of para-hydroxylation sites is 1. The molecule has 1 saturated carbocycles. The van der Waals surface area contributed by atoms with Crippen LogP contribution >= 0.6 is 0 Å². The fourth-order valence-electron chi connectivity index (χ4n) is 3.66. The van der Waals surface area contributed by atoms with Crippen LogP contribution in [0.2, 0.25) is 0 Å². The lowest BCUT2D eigenvalue weighted by Gasteiger charge is -2.19. The summed E-state index contributed by atoms with van der Waals surface area (Å²) in [4.78, 5) is 4.66. The number of methoxy groups -OCH3 is 1. The summed E-state index contributed by atoms with van der Waals surface area (Å²) in [6.45, 7) is 3.32. The zero-order chi connectivity index (χ0) is 22.1. The van der Waals surface area contributed by atoms with E-state index >= 15 is 0 Å². The number of hydrogen-bond donors (Lipinski definition) is 3. The van der Waals surface area contributed by atoms with Crippen molar-refractivity contribution in [2.24, 2.45) is 4.99 Å². The van der Waals surface area contributed by atoms with Gasteiger partial charge in [0.2, 0.25) is 0 Å². The zero-order valence-corrected chi connectivity index (χ0v) is 18.2. The number of nitrogens with one attached hydrogen (secondary N) is 2. The molecule has 0 aromatic heterocycles. The van der Waals surface area contributed by atoms with Crippen molar-refractivity contribution in [3.63, 3.8) is 0 Å². The molecular formula is C24H32FN3O3. The normalized spacial score (nSPS) is 15.5. The van der Waals surface area contributed by atoms with E-state index < -0.39 is 6.10 Å². The van der Waals surface area contributed by atoms with Crippen LogP contribution in [0.1, 0.15) is 49.8 Å². The van der Waals surface area contributed by atoms with E-state index in [1.807, 2.05) is 25.1 Å². The molecule has 7 heteroatoms. The fourth-order valence-corrected chi connectivity index (χ4v) is 3.66. The number of hydrogen-bond acceptors (Lipinski definition) is 4. The van der Waals surface area contributed by atoms with E-state index in [0.717, 1.165) is 24.2 Å². The van der Waals surface area contributed by atoms with Gasteiger partial charge in [-0.1, -0.05) is 24.3 Å². The van der Waals surface area contributed by atoms with Crippen molar-refractivity contribution in [1.82, 2.24) is 10.6 Å². The van der Waals surface area contributed by atoms with Crippen LogP contribution in [0.4, 0.5) is 4.39 Å². The molecule has 1 aliphatic rings. The number of aliphatic imine (C=N–C) groups is 1. The summed E-state index contributed by atoms with van der Waals surface area (Å²) in [5.74, 6) is 1.72. The van der Waals surface area contributed by atoms with Gasteiger partial charge in [0.25, 0.3) is 0 Å². The summed E-state index contributed by atoms with van der Waals surface area (Å²) < 4.78 is 24.9. The molecule has 0 radical (unpaired) electrons. The number of benzene rings is 2. The maximum absolute atomic E-state index is 13.1. The van der Waals surface area contributed by atoms with Crippen LogP contribution in [0.15, 0.2) is 47.5 Å². The maximum Gasteiger partial charge on any atom is 0.191 e. The lowest BCUT2D eigenvalue weighted by atomic mass is 10.1. The van der Waals surface area contributed by atoms with Crippen LogP contribution in [0.25, 0.3) is 0 Å². The first-order valence-corrected chi connectivity index (χ1v) is 10.9. The van der Waals surface area contributed by atoms with Gasteiger partial charge in [-0.3, -0.25) is 0 Å². The van der Waals surface area contributed by atoms with Gasteiger partial charge in [-0.2, -0.15) is 0 Å². The third-order valence-electron chi connectivity index (χ3n) is 5.34. The first-order valence-electron chi connectivity index (χ1n) is 10.9. The Morgan fingerprint density at radius 2 is 1.90 bits per heavy atom. The minimum absolute atomic E-state index is 0.219. The average Bonchev–Trinajstić information content (AvgIpc) is 3.30. The topological polar surface area (TPSA) is 75.1 Å². The smallest absolute Gasteiger partial charge is 0.191 e. The standard InChI is InChI=1S/C24H32FN3O3/c1-3-26-24(28-16-21(29)17-11-13-19(25)14-12-17)27-15-18-7-6-10-22(30-2)23(18)31-20-8-4-5-9-20/h6-7,10-14,20-21,29H,3-5,8-9,15-16H2,1-2H3,(H2,26,27,28). The Labute approximate surface area is 183 Å². The highest BCUT2D eigenvalue weighted by Gasteiger charge is 2.20. The molecule has 3 rings (SSSR count). The van der Waals surface area contributed by atoms with Gasteiger partial charge < -0.3 is 25.2 Å². The lowest BCUT2D eigenvalue weighted by Crippen LogP contribution is -2.39. The zero-order valence-electron chi connectivity index (χ0n) is 18.2. The predicted octanol–water partition coefficient (Wildman–Crippen LogP) is 3.94. The number of guanidine groups is 1. The largest absolute Gasteiger partial charge is 0.493 e. The molecule has 0 spiro atoms. The van der Waals surface area contributed by atoms with Gasteiger partial charge in [0.1, 0.15) is 5.82 Å². The third-order valence-corrected chi connectivity index (χ3v) is 5.34. The second kappa shape index (κ2) is 11.6. The second-order valence-electron chi connectivity index (χ2n) is 7.62. The Morgan fingerprint density at radius 1 is 1.16 bits per heavy atom. The van der Waals surface area contributed by atoms with Gasteiger partial charge in [-0.25, -0.2) is 9.38 Å². The number of aliphatic hydroxyl groups excluding tert-OH is 1. The monoisotopic (exact) mass is 429 g/mol. The number of ether oxygens (including phenoxy) is 2. The summed E-state index contributed by atoms with van der Waals surface area (Å²) in [6, 6.07) is 11.7. The van der Waals surface area contributed by atoms with E-state index in [2.05, 4.69) is 15.6 Å². The van der Waals surface area contributed by atoms with Crippen molar-refractivity contribution in [2.75, 3.05) is 20.2 Å². The highest BCUT2D eigenvalue weighted by atomic mass is 19.1. The number of rotatable bonds is 9. The molecule has 31 heavy (non-hydrogen) atoms. The van der Waals surface area contributed by atoms with Crippen LogP contribution in [0.3, 0.4) is 0 Å². The van der Waals surface area contributed by atoms with Gasteiger partial charge in [0.15, 0.2) is 17.5 Å². The van der Waals surface area contributed by atoms with Crippen molar-refractivity contribution in [1.29, 1.82) is 0 Å². The molecule has 2 aromatic rings. The molecule has 168 valence electrons. The predicted molar refractivity (Wildman–Crippen MR) is 120 cm³/mol.